The lowest BCUT2D eigenvalue weighted by atomic mass is 9.51. The van der Waals surface area contributed by atoms with Crippen molar-refractivity contribution in [2.45, 2.75) is 63.8 Å². The number of nitrogens with one attached hydrogen (secondary N) is 1. The van der Waals surface area contributed by atoms with E-state index in [1.807, 2.05) is 0 Å². The molecule has 20 heavy (non-hydrogen) atoms. The van der Waals surface area contributed by atoms with Crippen LogP contribution in [0.2, 0.25) is 0 Å². The zero-order valence-corrected chi connectivity index (χ0v) is 13.6. The molecule has 0 radical (unpaired) electrons. The molecule has 2 bridgehead atoms. The van der Waals surface area contributed by atoms with E-state index in [9.17, 15) is 4.79 Å². The van der Waals surface area contributed by atoms with Gasteiger partial charge in [0.1, 0.15) is 5.78 Å². The highest BCUT2D eigenvalue weighted by Gasteiger charge is 2.52. The number of hydrogen-bond acceptors (Lipinski definition) is 2. The van der Waals surface area contributed by atoms with Gasteiger partial charge in [0.15, 0.2) is 0 Å². The molecule has 1 N–H and O–H groups in total. The Bertz CT molecular complexity index is 430. The Labute approximate surface area is 134 Å². The van der Waals surface area contributed by atoms with Gasteiger partial charge in [0.05, 0.1) is 0 Å². The minimum Gasteiger partial charge on any atom is -0.313 e. The smallest absolute Gasteiger partial charge is 0.137 e. The molecule has 3 atom stereocenters. The van der Waals surface area contributed by atoms with Gasteiger partial charge in [0.2, 0.25) is 0 Å². The summed E-state index contributed by atoms with van der Waals surface area (Å²) in [6.45, 7) is 1.17. The summed E-state index contributed by atoms with van der Waals surface area (Å²) < 4.78 is 0. The second-order valence-corrected chi connectivity index (χ2v) is 6.82. The molecule has 1 saturated carbocycles. The van der Waals surface area contributed by atoms with Gasteiger partial charge in [-0.25, -0.2) is 0 Å². The molecule has 4 rings (SSSR count). The predicted octanol–water partition coefficient (Wildman–Crippen LogP) is 3.82. The maximum atomic E-state index is 11.9. The van der Waals surface area contributed by atoms with E-state index in [0.29, 0.717) is 11.2 Å². The topological polar surface area (TPSA) is 29.1 Å². The highest BCUT2D eigenvalue weighted by molar-refractivity contribution is 5.85. The van der Waals surface area contributed by atoms with E-state index < -0.39 is 0 Å². The van der Waals surface area contributed by atoms with Crippen molar-refractivity contribution in [2.75, 3.05) is 6.54 Å². The summed E-state index contributed by atoms with van der Waals surface area (Å²) in [5, 5.41) is 3.77. The van der Waals surface area contributed by atoms with Crippen molar-refractivity contribution in [1.29, 1.82) is 0 Å². The molecule has 0 aromatic rings. The van der Waals surface area contributed by atoms with Crippen LogP contribution < -0.4 is 5.32 Å². The number of Topliss-reactive ketones (excluding diaryl/α,β-unsaturated/α-hetero) is 1. The van der Waals surface area contributed by atoms with Crippen LogP contribution in [0.15, 0.2) is 11.1 Å². The molecule has 0 aromatic carbocycles. The first-order valence-electron chi connectivity index (χ1n) is 7.76. The molecule has 114 valence electrons. The average Bonchev–Trinajstić information content (AvgIpc) is 2.40. The van der Waals surface area contributed by atoms with E-state index in [1.165, 1.54) is 45.1 Å². The fourth-order valence-electron chi connectivity index (χ4n) is 5.40. The number of carbonyl (C=O) groups excluding carboxylic acids is 1. The third-order valence-corrected chi connectivity index (χ3v) is 6.13. The van der Waals surface area contributed by atoms with Gasteiger partial charge >= 0.3 is 0 Å². The molecule has 1 saturated heterocycles. The first kappa shape index (κ1) is 16.3. The van der Waals surface area contributed by atoms with E-state index in [2.05, 4.69) is 5.32 Å². The fraction of sp³-hybridized carbons (Fsp3) is 0.812. The van der Waals surface area contributed by atoms with E-state index in [0.717, 1.165) is 31.2 Å². The Morgan fingerprint density at radius 1 is 1.10 bits per heavy atom. The highest BCUT2D eigenvalue weighted by atomic mass is 35.5. The van der Waals surface area contributed by atoms with Crippen molar-refractivity contribution in [1.82, 2.24) is 5.32 Å². The van der Waals surface area contributed by atoms with Crippen LogP contribution >= 0.6 is 24.8 Å². The normalized spacial score (nSPS) is 39.1. The molecule has 1 heterocycles. The number of ketones is 1. The van der Waals surface area contributed by atoms with Crippen LogP contribution in [-0.4, -0.2) is 18.4 Å². The third-order valence-electron chi connectivity index (χ3n) is 6.13. The summed E-state index contributed by atoms with van der Waals surface area (Å²) in [6.07, 6.45) is 10.8. The molecule has 4 aliphatic rings. The largest absolute Gasteiger partial charge is 0.313 e. The van der Waals surface area contributed by atoms with Gasteiger partial charge in [-0.3, -0.25) is 4.79 Å². The van der Waals surface area contributed by atoms with Gasteiger partial charge in [-0.1, -0.05) is 24.0 Å². The molecule has 0 amide bonds. The van der Waals surface area contributed by atoms with E-state index in [4.69, 9.17) is 0 Å². The molecule has 2 fully saturated rings. The summed E-state index contributed by atoms with van der Waals surface area (Å²) in [7, 11) is 0. The van der Waals surface area contributed by atoms with E-state index in [1.54, 1.807) is 11.1 Å². The van der Waals surface area contributed by atoms with Crippen LogP contribution in [0.4, 0.5) is 0 Å². The van der Waals surface area contributed by atoms with Crippen LogP contribution in [0.5, 0.6) is 0 Å². The molecule has 0 spiro atoms. The fourth-order valence-corrected chi connectivity index (χ4v) is 5.40. The van der Waals surface area contributed by atoms with Gasteiger partial charge in [-0.15, -0.1) is 24.8 Å². The summed E-state index contributed by atoms with van der Waals surface area (Å²) in [5.74, 6) is 1.34. The van der Waals surface area contributed by atoms with Crippen LogP contribution in [-0.2, 0) is 4.79 Å². The maximum Gasteiger partial charge on any atom is 0.137 e. The maximum absolute atomic E-state index is 11.9. The minimum atomic E-state index is 0. The summed E-state index contributed by atoms with van der Waals surface area (Å²) in [5.41, 5.74) is 3.74. The third kappa shape index (κ3) is 2.24. The van der Waals surface area contributed by atoms with Crippen molar-refractivity contribution >= 4 is 30.6 Å². The zero-order chi connectivity index (χ0) is 12.2. The first-order valence-corrected chi connectivity index (χ1v) is 7.76. The lowest BCUT2D eigenvalue weighted by molar-refractivity contribution is -0.119. The Kier molecular flexibility index (Phi) is 4.88. The molecular formula is C16H25Cl2NO. The Morgan fingerprint density at radius 3 is 2.80 bits per heavy atom. The van der Waals surface area contributed by atoms with Crippen LogP contribution in [0.3, 0.4) is 0 Å². The monoisotopic (exact) mass is 317 g/mol. The number of carbonyl (C=O) groups is 1. The minimum absolute atomic E-state index is 0. The van der Waals surface area contributed by atoms with Crippen molar-refractivity contribution in [3.63, 3.8) is 0 Å². The number of allylic oxidation sites excluding steroid dienone is 1. The number of piperidine rings is 1. The molecule has 3 aliphatic carbocycles. The molecule has 0 unspecified atom stereocenters. The molecule has 4 heteroatoms. The number of hydrogen-bond donors (Lipinski definition) is 1. The summed E-state index contributed by atoms with van der Waals surface area (Å²) >= 11 is 0. The quantitative estimate of drug-likeness (QED) is 0.688. The summed E-state index contributed by atoms with van der Waals surface area (Å²) in [4.78, 5) is 11.9. The van der Waals surface area contributed by atoms with E-state index >= 15 is 0 Å². The highest BCUT2D eigenvalue weighted by Crippen LogP contribution is 2.59. The van der Waals surface area contributed by atoms with Gasteiger partial charge < -0.3 is 5.32 Å². The summed E-state index contributed by atoms with van der Waals surface area (Å²) in [6, 6.07) is 0.728. The lowest BCUT2D eigenvalue weighted by Crippen LogP contribution is -2.57. The standard InChI is InChI=1S/C16H23NO.2ClH/c18-12-5-4-11-9-15-13-3-1-2-6-16(13,7-8-17-15)14(11)10-12;;/h13,15,17H,1-10H2;2*1H/t13-,15+,16+;;/m0../s1. The van der Waals surface area contributed by atoms with Crippen molar-refractivity contribution in [2.24, 2.45) is 11.3 Å². The first-order chi connectivity index (χ1) is 8.79. The second-order valence-electron chi connectivity index (χ2n) is 6.82. The zero-order valence-electron chi connectivity index (χ0n) is 12.0. The van der Waals surface area contributed by atoms with Crippen molar-refractivity contribution < 1.29 is 4.79 Å². The van der Waals surface area contributed by atoms with Crippen LogP contribution in [0.25, 0.3) is 0 Å². The van der Waals surface area contributed by atoms with Crippen LogP contribution in [0, 0.1) is 11.3 Å². The molecule has 2 nitrogen and oxygen atoms in total. The van der Waals surface area contributed by atoms with Gasteiger partial charge in [-0.05, 0) is 50.0 Å². The number of rotatable bonds is 0. The Balaban J connectivity index is 0.000000735. The molecule has 0 aromatic heterocycles. The van der Waals surface area contributed by atoms with Gasteiger partial charge in [0.25, 0.3) is 0 Å². The van der Waals surface area contributed by atoms with Crippen LogP contribution in [0.1, 0.15) is 57.8 Å². The predicted molar refractivity (Wildman–Crippen MR) is 85.8 cm³/mol. The molecule has 1 aliphatic heterocycles. The average molecular weight is 318 g/mol. The molecular weight excluding hydrogens is 293 g/mol. The second kappa shape index (κ2) is 5.98. The van der Waals surface area contributed by atoms with Gasteiger partial charge in [-0.2, -0.15) is 0 Å². The Morgan fingerprint density at radius 2 is 1.95 bits per heavy atom. The lowest BCUT2D eigenvalue weighted by Gasteiger charge is -2.57. The van der Waals surface area contributed by atoms with Crippen molar-refractivity contribution in [3.05, 3.63) is 11.1 Å². The van der Waals surface area contributed by atoms with E-state index in [-0.39, 0.29) is 24.8 Å². The van der Waals surface area contributed by atoms with Crippen molar-refractivity contribution in [3.8, 4) is 0 Å². The SMILES string of the molecule is Cl.Cl.O=C1CCC2=C(C1)[C@@]13CCCC[C@H]1[C@@H](C2)NCC3. The van der Waals surface area contributed by atoms with Gasteiger partial charge in [0, 0.05) is 18.9 Å². The Hall–Kier alpha value is -0.0500. The number of halogens is 2.